The third kappa shape index (κ3) is 2.88. The van der Waals surface area contributed by atoms with Crippen molar-refractivity contribution in [2.45, 2.75) is 5.51 Å². The summed E-state index contributed by atoms with van der Waals surface area (Å²) in [5.41, 5.74) is -6.27. The van der Waals surface area contributed by atoms with Crippen LogP contribution in [0.5, 0.6) is 5.75 Å². The molecule has 0 saturated carbocycles. The summed E-state index contributed by atoms with van der Waals surface area (Å²) >= 11 is 0. The SMILES string of the molecule is O=C(O)c1ccc(OS(=O)(=O)C(F)(F)F)c(F)c1. The molecule has 0 heterocycles. The summed E-state index contributed by atoms with van der Waals surface area (Å²) in [5.74, 6) is -4.31. The van der Waals surface area contributed by atoms with Gasteiger partial charge in [0.05, 0.1) is 5.56 Å². The third-order valence-electron chi connectivity index (χ3n) is 1.66. The molecule has 0 atom stereocenters. The highest BCUT2D eigenvalue weighted by atomic mass is 32.2. The van der Waals surface area contributed by atoms with Crippen molar-refractivity contribution in [1.82, 2.24) is 0 Å². The van der Waals surface area contributed by atoms with Crippen molar-refractivity contribution in [3.8, 4) is 5.75 Å². The Labute approximate surface area is 97.7 Å². The van der Waals surface area contributed by atoms with E-state index < -0.39 is 38.7 Å². The first-order valence-corrected chi connectivity index (χ1v) is 5.49. The first-order valence-electron chi connectivity index (χ1n) is 4.08. The largest absolute Gasteiger partial charge is 0.534 e. The summed E-state index contributed by atoms with van der Waals surface area (Å²) in [6.07, 6.45) is 0. The zero-order valence-corrected chi connectivity index (χ0v) is 9.05. The van der Waals surface area contributed by atoms with E-state index in [-0.39, 0.29) is 0 Å². The summed E-state index contributed by atoms with van der Waals surface area (Å²) in [5, 5.41) is 8.46. The van der Waals surface area contributed by atoms with Crippen LogP contribution in [0, 0.1) is 5.82 Å². The summed E-state index contributed by atoms with van der Waals surface area (Å²) < 4.78 is 73.5. The minimum absolute atomic E-state index is 0.337. The quantitative estimate of drug-likeness (QED) is 0.520. The van der Waals surface area contributed by atoms with E-state index in [0.717, 1.165) is 0 Å². The molecule has 1 N–H and O–H groups in total. The number of halogens is 4. The molecule has 0 aromatic heterocycles. The molecule has 0 aliphatic rings. The van der Waals surface area contributed by atoms with Gasteiger partial charge in [-0.2, -0.15) is 21.6 Å². The maximum absolute atomic E-state index is 13.1. The molecule has 1 rings (SSSR count). The fourth-order valence-corrected chi connectivity index (χ4v) is 1.33. The Hall–Kier alpha value is -1.84. The number of alkyl halides is 3. The zero-order valence-electron chi connectivity index (χ0n) is 8.23. The van der Waals surface area contributed by atoms with Crippen LogP contribution in [0.1, 0.15) is 10.4 Å². The van der Waals surface area contributed by atoms with Crippen molar-refractivity contribution in [3.63, 3.8) is 0 Å². The van der Waals surface area contributed by atoms with Gasteiger partial charge in [0, 0.05) is 0 Å². The third-order valence-corrected chi connectivity index (χ3v) is 2.63. The van der Waals surface area contributed by atoms with Crippen molar-refractivity contribution in [2.75, 3.05) is 0 Å². The van der Waals surface area contributed by atoms with E-state index in [1.807, 2.05) is 0 Å². The van der Waals surface area contributed by atoms with Gasteiger partial charge >= 0.3 is 21.6 Å². The Morgan fingerprint density at radius 2 is 1.83 bits per heavy atom. The predicted molar refractivity (Wildman–Crippen MR) is 49.0 cm³/mol. The number of aromatic carboxylic acids is 1. The van der Waals surface area contributed by atoms with E-state index in [0.29, 0.717) is 18.2 Å². The summed E-state index contributed by atoms with van der Waals surface area (Å²) in [6, 6.07) is 1.51. The minimum Gasteiger partial charge on any atom is -0.478 e. The number of rotatable bonds is 3. The molecule has 0 radical (unpaired) electrons. The van der Waals surface area contributed by atoms with Gasteiger partial charge in [-0.15, -0.1) is 0 Å². The van der Waals surface area contributed by atoms with Crippen LogP contribution >= 0.6 is 0 Å². The van der Waals surface area contributed by atoms with E-state index in [4.69, 9.17) is 5.11 Å². The maximum Gasteiger partial charge on any atom is 0.534 e. The lowest BCUT2D eigenvalue weighted by atomic mass is 10.2. The van der Waals surface area contributed by atoms with Crippen LogP contribution in [0.15, 0.2) is 18.2 Å². The molecule has 10 heteroatoms. The molecule has 18 heavy (non-hydrogen) atoms. The number of benzene rings is 1. The number of carboxylic acid groups (broad SMARTS) is 1. The molecule has 0 spiro atoms. The van der Waals surface area contributed by atoms with E-state index in [9.17, 15) is 30.8 Å². The highest BCUT2D eigenvalue weighted by Gasteiger charge is 2.48. The van der Waals surface area contributed by atoms with Crippen LogP contribution in [0.4, 0.5) is 17.6 Å². The Morgan fingerprint density at radius 1 is 1.28 bits per heavy atom. The van der Waals surface area contributed by atoms with Crippen molar-refractivity contribution in [3.05, 3.63) is 29.6 Å². The minimum atomic E-state index is -5.99. The number of carbonyl (C=O) groups is 1. The van der Waals surface area contributed by atoms with E-state index >= 15 is 0 Å². The molecule has 1 aromatic rings. The smallest absolute Gasteiger partial charge is 0.478 e. The average Bonchev–Trinajstić information content (AvgIpc) is 2.18. The molecule has 100 valence electrons. The van der Waals surface area contributed by atoms with Crippen LogP contribution in [-0.2, 0) is 10.1 Å². The van der Waals surface area contributed by atoms with Crippen LogP contribution in [0.3, 0.4) is 0 Å². The average molecular weight is 288 g/mol. The van der Waals surface area contributed by atoms with Gasteiger partial charge in [-0.05, 0) is 18.2 Å². The van der Waals surface area contributed by atoms with Gasteiger partial charge in [0.2, 0.25) is 0 Å². The van der Waals surface area contributed by atoms with Gasteiger partial charge in [-0.3, -0.25) is 0 Å². The summed E-state index contributed by atoms with van der Waals surface area (Å²) in [4.78, 5) is 10.4. The lowest BCUT2D eigenvalue weighted by molar-refractivity contribution is -0.0501. The molecular weight excluding hydrogens is 284 g/mol. The van der Waals surface area contributed by atoms with Crippen LogP contribution in [-0.4, -0.2) is 25.0 Å². The standard InChI is InChI=1S/C8H4F4O5S/c9-5-3-4(7(13)14)1-2-6(5)17-18(15,16)8(10,11)12/h1-3H,(H,13,14). The van der Waals surface area contributed by atoms with Crippen LogP contribution in [0.2, 0.25) is 0 Å². The molecule has 0 saturated heterocycles. The van der Waals surface area contributed by atoms with Crippen LogP contribution in [0.25, 0.3) is 0 Å². The second-order valence-electron chi connectivity index (χ2n) is 2.93. The first-order chi connectivity index (χ1) is 8.04. The lowest BCUT2D eigenvalue weighted by Gasteiger charge is -2.10. The van der Waals surface area contributed by atoms with Gasteiger partial charge in [0.15, 0.2) is 11.6 Å². The second kappa shape index (κ2) is 4.44. The topological polar surface area (TPSA) is 80.7 Å². The fourth-order valence-electron chi connectivity index (χ4n) is 0.867. The van der Waals surface area contributed by atoms with Crippen molar-refractivity contribution in [1.29, 1.82) is 0 Å². The van der Waals surface area contributed by atoms with Crippen molar-refractivity contribution in [2.24, 2.45) is 0 Å². The lowest BCUT2D eigenvalue weighted by Crippen LogP contribution is -2.28. The molecule has 0 unspecified atom stereocenters. The predicted octanol–water partition coefficient (Wildman–Crippen LogP) is 1.75. The van der Waals surface area contributed by atoms with Gasteiger partial charge in [-0.25, -0.2) is 9.18 Å². The molecule has 0 bridgehead atoms. The highest BCUT2D eigenvalue weighted by molar-refractivity contribution is 7.88. The van der Waals surface area contributed by atoms with Gasteiger partial charge in [0.1, 0.15) is 0 Å². The Balaban J connectivity index is 3.11. The zero-order chi connectivity index (χ0) is 14.1. The monoisotopic (exact) mass is 288 g/mol. The second-order valence-corrected chi connectivity index (χ2v) is 4.47. The molecule has 0 fully saturated rings. The molecular formula is C8H4F4O5S. The van der Waals surface area contributed by atoms with Gasteiger partial charge in [0.25, 0.3) is 0 Å². The Morgan fingerprint density at radius 3 is 2.22 bits per heavy atom. The molecule has 0 aliphatic carbocycles. The Kier molecular flexibility index (Phi) is 3.51. The maximum atomic E-state index is 13.1. The van der Waals surface area contributed by atoms with E-state index in [2.05, 4.69) is 4.18 Å². The first kappa shape index (κ1) is 14.2. The summed E-state index contributed by atoms with van der Waals surface area (Å²) in [7, 11) is -5.99. The van der Waals surface area contributed by atoms with E-state index in [1.54, 1.807) is 0 Å². The highest BCUT2D eigenvalue weighted by Crippen LogP contribution is 2.28. The molecule has 0 aliphatic heterocycles. The summed E-state index contributed by atoms with van der Waals surface area (Å²) in [6.45, 7) is 0. The van der Waals surface area contributed by atoms with Gasteiger partial charge in [-0.1, -0.05) is 0 Å². The molecule has 1 aromatic carbocycles. The van der Waals surface area contributed by atoms with E-state index in [1.165, 1.54) is 0 Å². The number of hydrogen-bond acceptors (Lipinski definition) is 4. The number of hydrogen-bond donors (Lipinski definition) is 1. The fraction of sp³-hybridized carbons (Fsp3) is 0.125. The Bertz CT molecular complexity index is 578. The van der Waals surface area contributed by atoms with Gasteiger partial charge < -0.3 is 9.29 Å². The normalized spacial score (nSPS) is 12.2. The van der Waals surface area contributed by atoms with Crippen molar-refractivity contribution >= 4 is 16.1 Å². The molecule has 5 nitrogen and oxygen atoms in total. The molecule has 0 amide bonds. The number of carboxylic acids is 1. The van der Waals surface area contributed by atoms with Crippen molar-refractivity contribution < 1.29 is 40.1 Å². The van der Waals surface area contributed by atoms with Crippen LogP contribution < -0.4 is 4.18 Å².